The molecule has 2 aliphatic heterocycles. The average Bonchev–Trinajstić information content (AvgIpc) is 2.58. The van der Waals surface area contributed by atoms with Gasteiger partial charge in [-0.25, -0.2) is 0 Å². The van der Waals surface area contributed by atoms with Crippen LogP contribution in [0.15, 0.2) is 42.5 Å². The van der Waals surface area contributed by atoms with Gasteiger partial charge in [-0.1, -0.05) is 18.2 Å². The average molecular weight is 385 g/mol. The minimum absolute atomic E-state index is 0.0913. The lowest BCUT2D eigenvalue weighted by Gasteiger charge is -2.50. The Labute approximate surface area is 164 Å². The predicted molar refractivity (Wildman–Crippen MR) is 108 cm³/mol. The van der Waals surface area contributed by atoms with E-state index in [1.54, 1.807) is 19.2 Å². The second-order valence-electron chi connectivity index (χ2n) is 7.99. The van der Waals surface area contributed by atoms with Gasteiger partial charge in [0.15, 0.2) is 10.8 Å². The Hall–Kier alpha value is -2.47. The largest absolute Gasteiger partial charge is 0.508 e. The van der Waals surface area contributed by atoms with Crippen LogP contribution in [0, 0.1) is 0 Å². The van der Waals surface area contributed by atoms with Crippen molar-refractivity contribution in [3.8, 4) is 17.2 Å². The lowest BCUT2D eigenvalue weighted by Crippen LogP contribution is -2.69. The number of benzene rings is 2. The normalized spacial score (nSPS) is 25.7. The van der Waals surface area contributed by atoms with Gasteiger partial charge in [-0.3, -0.25) is 0 Å². The molecule has 4 rings (SSSR count). The molecule has 0 aromatic heterocycles. The molecule has 142 valence electrons. The van der Waals surface area contributed by atoms with E-state index in [0.717, 1.165) is 29.7 Å². The van der Waals surface area contributed by atoms with Gasteiger partial charge in [-0.05, 0) is 49.8 Å². The molecule has 0 aliphatic carbocycles. The zero-order chi connectivity index (χ0) is 19.2. The summed E-state index contributed by atoms with van der Waals surface area (Å²) in [5.74, 6) is 1.78. The van der Waals surface area contributed by atoms with Gasteiger partial charge in [0.05, 0.1) is 7.11 Å². The van der Waals surface area contributed by atoms with E-state index in [-0.39, 0.29) is 17.2 Å². The number of phenols is 1. The number of rotatable bonds is 2. The van der Waals surface area contributed by atoms with Crippen molar-refractivity contribution in [1.29, 1.82) is 0 Å². The van der Waals surface area contributed by atoms with Crippen molar-refractivity contribution in [3.63, 3.8) is 0 Å². The minimum atomic E-state index is -0.639. The van der Waals surface area contributed by atoms with Crippen molar-refractivity contribution in [2.45, 2.75) is 43.9 Å². The minimum Gasteiger partial charge on any atom is -0.508 e. The molecular weight excluding hydrogens is 360 g/mol. The maximum atomic E-state index is 10.0. The zero-order valence-electron chi connectivity index (χ0n) is 15.7. The van der Waals surface area contributed by atoms with Crippen molar-refractivity contribution < 1.29 is 14.6 Å². The summed E-state index contributed by atoms with van der Waals surface area (Å²) in [6.07, 6.45) is 1.46. The Morgan fingerprint density at radius 1 is 1.19 bits per heavy atom. The molecule has 1 fully saturated rings. The lowest BCUT2D eigenvalue weighted by atomic mass is 9.77. The van der Waals surface area contributed by atoms with Gasteiger partial charge in [-0.2, -0.15) is 0 Å². The summed E-state index contributed by atoms with van der Waals surface area (Å²) in [7, 11) is 1.67. The van der Waals surface area contributed by atoms with Crippen LogP contribution >= 0.6 is 12.2 Å². The summed E-state index contributed by atoms with van der Waals surface area (Å²) in [6.45, 7) is 4.23. The third kappa shape index (κ3) is 3.41. The number of phenolic OH excluding ortho intramolecular Hbond substituents is 1. The molecule has 2 aliphatic rings. The molecule has 27 heavy (non-hydrogen) atoms. The molecule has 0 amide bonds. The van der Waals surface area contributed by atoms with Gasteiger partial charge in [0.25, 0.3) is 0 Å². The first kappa shape index (κ1) is 17.9. The molecule has 0 saturated carbocycles. The fraction of sp³-hybridized carbons (Fsp3) is 0.381. The van der Waals surface area contributed by atoms with E-state index in [4.69, 9.17) is 21.7 Å². The molecular formula is C21H24N2O3S. The lowest BCUT2D eigenvalue weighted by molar-refractivity contribution is -0.0128. The molecule has 6 heteroatoms. The number of methoxy groups -OCH3 is 1. The fourth-order valence-electron chi connectivity index (χ4n) is 4.28. The van der Waals surface area contributed by atoms with Gasteiger partial charge in [-0.15, -0.1) is 0 Å². The third-order valence-electron chi connectivity index (χ3n) is 5.23. The smallest absolute Gasteiger partial charge is 0.185 e. The standard InChI is InChI=1S/C21H24N2O3S/c1-20(2)12-21(23-19(27)22-20)11-17(13-5-4-6-15(9-13)25-3)16-8-7-14(24)10-18(16)26-21/h4-10,17,24H,11-12H2,1-3H3,(H2,22,23,27)/t17-,21-/m0/s1. The summed E-state index contributed by atoms with van der Waals surface area (Å²) in [6, 6.07) is 13.4. The Kier molecular flexibility index (Phi) is 4.18. The highest BCUT2D eigenvalue weighted by molar-refractivity contribution is 7.80. The van der Waals surface area contributed by atoms with Crippen molar-refractivity contribution >= 4 is 17.3 Å². The predicted octanol–water partition coefficient (Wildman–Crippen LogP) is 3.66. The Balaban J connectivity index is 1.82. The summed E-state index contributed by atoms with van der Waals surface area (Å²) < 4.78 is 11.8. The first-order valence-corrected chi connectivity index (χ1v) is 9.46. The molecule has 1 spiro atoms. The van der Waals surface area contributed by atoms with Crippen LogP contribution in [-0.2, 0) is 0 Å². The summed E-state index contributed by atoms with van der Waals surface area (Å²) >= 11 is 5.46. The van der Waals surface area contributed by atoms with Crippen molar-refractivity contribution in [3.05, 3.63) is 53.6 Å². The number of thiocarbonyl (C=S) groups is 1. The Morgan fingerprint density at radius 2 is 2.00 bits per heavy atom. The van der Waals surface area contributed by atoms with E-state index >= 15 is 0 Å². The van der Waals surface area contributed by atoms with E-state index < -0.39 is 5.72 Å². The molecule has 0 unspecified atom stereocenters. The van der Waals surface area contributed by atoms with E-state index in [9.17, 15) is 5.11 Å². The number of hydrogen-bond donors (Lipinski definition) is 3. The highest BCUT2D eigenvalue weighted by atomic mass is 32.1. The molecule has 3 N–H and O–H groups in total. The second kappa shape index (κ2) is 6.30. The van der Waals surface area contributed by atoms with Gasteiger partial charge in [0.2, 0.25) is 0 Å². The van der Waals surface area contributed by atoms with Crippen LogP contribution in [0.2, 0.25) is 0 Å². The summed E-state index contributed by atoms with van der Waals surface area (Å²) in [5.41, 5.74) is 1.36. The number of fused-ring (bicyclic) bond motifs is 1. The first-order valence-electron chi connectivity index (χ1n) is 9.05. The zero-order valence-corrected chi connectivity index (χ0v) is 16.5. The van der Waals surface area contributed by atoms with Crippen molar-refractivity contribution in [2.75, 3.05) is 7.11 Å². The van der Waals surface area contributed by atoms with Gasteiger partial charge in [0.1, 0.15) is 17.2 Å². The quantitative estimate of drug-likeness (QED) is 0.687. The van der Waals surface area contributed by atoms with Gasteiger partial charge >= 0.3 is 0 Å². The van der Waals surface area contributed by atoms with Crippen LogP contribution in [-0.4, -0.2) is 28.6 Å². The number of nitrogens with one attached hydrogen (secondary N) is 2. The molecule has 5 nitrogen and oxygen atoms in total. The monoisotopic (exact) mass is 384 g/mol. The van der Waals surface area contributed by atoms with Crippen LogP contribution in [0.4, 0.5) is 0 Å². The van der Waals surface area contributed by atoms with Gasteiger partial charge in [0, 0.05) is 35.9 Å². The third-order valence-corrected chi connectivity index (χ3v) is 5.43. The molecule has 1 saturated heterocycles. The number of aromatic hydroxyl groups is 1. The van der Waals surface area contributed by atoms with E-state index in [0.29, 0.717) is 10.9 Å². The summed E-state index contributed by atoms with van der Waals surface area (Å²) in [5, 5.41) is 17.3. The van der Waals surface area contributed by atoms with E-state index in [1.165, 1.54) is 0 Å². The number of hydrogen-bond acceptors (Lipinski definition) is 4. The molecule has 0 bridgehead atoms. The SMILES string of the molecule is COc1cccc([C@@H]2C[C@@]3(CC(C)(C)NC(=S)N3)Oc3cc(O)ccc32)c1. The molecule has 0 radical (unpaired) electrons. The van der Waals surface area contributed by atoms with Crippen molar-refractivity contribution in [1.82, 2.24) is 10.6 Å². The van der Waals surface area contributed by atoms with Crippen LogP contribution in [0.1, 0.15) is 43.7 Å². The Morgan fingerprint density at radius 3 is 2.74 bits per heavy atom. The summed E-state index contributed by atoms with van der Waals surface area (Å²) in [4.78, 5) is 0. The molecule has 2 atom stereocenters. The number of ether oxygens (including phenoxy) is 2. The maximum Gasteiger partial charge on any atom is 0.185 e. The highest BCUT2D eigenvalue weighted by Gasteiger charge is 2.48. The first-order chi connectivity index (χ1) is 12.8. The van der Waals surface area contributed by atoms with Crippen LogP contribution in [0.5, 0.6) is 17.2 Å². The second-order valence-corrected chi connectivity index (χ2v) is 8.40. The molecule has 2 aromatic rings. The Bertz CT molecular complexity index is 899. The maximum absolute atomic E-state index is 10.0. The van der Waals surface area contributed by atoms with Crippen LogP contribution < -0.4 is 20.1 Å². The fourth-order valence-corrected chi connectivity index (χ4v) is 4.74. The van der Waals surface area contributed by atoms with Gasteiger partial charge < -0.3 is 25.2 Å². The molecule has 2 heterocycles. The molecule has 2 aromatic carbocycles. The van der Waals surface area contributed by atoms with Crippen LogP contribution in [0.3, 0.4) is 0 Å². The van der Waals surface area contributed by atoms with E-state index in [1.807, 2.05) is 18.2 Å². The van der Waals surface area contributed by atoms with Crippen LogP contribution in [0.25, 0.3) is 0 Å². The highest BCUT2D eigenvalue weighted by Crippen LogP contribution is 2.47. The van der Waals surface area contributed by atoms with Crippen molar-refractivity contribution in [2.24, 2.45) is 0 Å². The topological polar surface area (TPSA) is 62.8 Å². The van der Waals surface area contributed by atoms with E-state index in [2.05, 4.69) is 36.6 Å².